The molecular formula is C15H25N3O. The van der Waals surface area contributed by atoms with E-state index in [-0.39, 0.29) is 0 Å². The molecule has 0 fully saturated rings. The molecule has 1 aromatic rings. The van der Waals surface area contributed by atoms with Crippen molar-refractivity contribution >= 4 is 11.4 Å². The van der Waals surface area contributed by atoms with Gasteiger partial charge in [0.15, 0.2) is 0 Å². The lowest BCUT2D eigenvalue weighted by molar-refractivity contribution is 0.306. The van der Waals surface area contributed by atoms with E-state index in [9.17, 15) is 0 Å². The van der Waals surface area contributed by atoms with E-state index in [0.717, 1.165) is 31.1 Å². The summed E-state index contributed by atoms with van der Waals surface area (Å²) in [5, 5.41) is 0. The smallest absolute Gasteiger partial charge is 0.144 e. The van der Waals surface area contributed by atoms with Crippen molar-refractivity contribution in [1.29, 1.82) is 0 Å². The first-order chi connectivity index (χ1) is 9.16. The molecule has 19 heavy (non-hydrogen) atoms. The second-order valence-electron chi connectivity index (χ2n) is 5.43. The summed E-state index contributed by atoms with van der Waals surface area (Å²) in [7, 11) is 4.26. The lowest BCUT2D eigenvalue weighted by atomic mass is 10.2. The number of rotatable bonds is 6. The summed E-state index contributed by atoms with van der Waals surface area (Å²) in [6, 6.07) is 5.95. The van der Waals surface area contributed by atoms with Gasteiger partial charge in [0.1, 0.15) is 12.4 Å². The summed E-state index contributed by atoms with van der Waals surface area (Å²) in [5.41, 5.74) is 7.75. The molecule has 0 bridgehead atoms. The van der Waals surface area contributed by atoms with E-state index < -0.39 is 0 Å². The van der Waals surface area contributed by atoms with Crippen LogP contribution in [-0.2, 0) is 0 Å². The zero-order valence-corrected chi connectivity index (χ0v) is 12.1. The van der Waals surface area contributed by atoms with Crippen LogP contribution in [0, 0.1) is 0 Å². The number of unbranched alkanes of at least 4 members (excludes halogenated alkanes) is 2. The van der Waals surface area contributed by atoms with E-state index >= 15 is 0 Å². The van der Waals surface area contributed by atoms with Crippen molar-refractivity contribution < 1.29 is 4.74 Å². The molecule has 0 unspecified atom stereocenters. The highest BCUT2D eigenvalue weighted by molar-refractivity contribution is 5.64. The Labute approximate surface area is 116 Å². The first-order valence-corrected chi connectivity index (χ1v) is 7.09. The van der Waals surface area contributed by atoms with Gasteiger partial charge in [0.2, 0.25) is 0 Å². The number of anilines is 2. The van der Waals surface area contributed by atoms with Gasteiger partial charge in [-0.15, -0.1) is 0 Å². The van der Waals surface area contributed by atoms with Crippen LogP contribution in [0.2, 0.25) is 0 Å². The quantitative estimate of drug-likeness (QED) is 0.631. The number of nitrogens with zero attached hydrogens (tertiary/aromatic N) is 2. The molecule has 2 N–H and O–H groups in total. The van der Waals surface area contributed by atoms with Crippen LogP contribution in [-0.4, -0.2) is 45.2 Å². The molecule has 0 spiro atoms. The largest absolute Gasteiger partial charge is 0.489 e. The van der Waals surface area contributed by atoms with Crippen LogP contribution in [0.3, 0.4) is 0 Å². The minimum absolute atomic E-state index is 0.758. The zero-order chi connectivity index (χ0) is 13.7. The molecule has 0 aromatic heterocycles. The lowest BCUT2D eigenvalue weighted by Gasteiger charge is -2.31. The molecule has 0 atom stereocenters. The molecule has 0 saturated heterocycles. The van der Waals surface area contributed by atoms with Gasteiger partial charge in [0.25, 0.3) is 0 Å². The van der Waals surface area contributed by atoms with E-state index in [0.29, 0.717) is 0 Å². The summed E-state index contributed by atoms with van der Waals surface area (Å²) in [6.07, 6.45) is 3.78. The number of hydrogen-bond donors (Lipinski definition) is 1. The average molecular weight is 263 g/mol. The van der Waals surface area contributed by atoms with Crippen molar-refractivity contribution in [2.24, 2.45) is 0 Å². The monoisotopic (exact) mass is 263 g/mol. The predicted octanol–water partition coefficient (Wildman–Crippen LogP) is 2.20. The van der Waals surface area contributed by atoms with E-state index in [1.807, 2.05) is 12.1 Å². The third kappa shape index (κ3) is 4.03. The van der Waals surface area contributed by atoms with Gasteiger partial charge < -0.3 is 20.3 Å². The Morgan fingerprint density at radius 2 is 2.11 bits per heavy atom. The molecular weight excluding hydrogens is 238 g/mol. The van der Waals surface area contributed by atoms with Crippen molar-refractivity contribution in [1.82, 2.24) is 4.90 Å². The summed E-state index contributed by atoms with van der Waals surface area (Å²) in [6.45, 7) is 4.02. The molecule has 4 nitrogen and oxygen atoms in total. The van der Waals surface area contributed by atoms with Gasteiger partial charge in [-0.25, -0.2) is 0 Å². The first-order valence-electron chi connectivity index (χ1n) is 7.09. The van der Waals surface area contributed by atoms with Crippen molar-refractivity contribution in [3.8, 4) is 5.75 Å². The molecule has 106 valence electrons. The Morgan fingerprint density at radius 3 is 2.89 bits per heavy atom. The van der Waals surface area contributed by atoms with E-state index in [1.54, 1.807) is 0 Å². The van der Waals surface area contributed by atoms with E-state index in [4.69, 9.17) is 10.5 Å². The number of benzene rings is 1. The topological polar surface area (TPSA) is 41.7 Å². The summed E-state index contributed by atoms with van der Waals surface area (Å²) in [5.74, 6) is 0.930. The van der Waals surface area contributed by atoms with Crippen molar-refractivity contribution in [2.75, 3.05) is 51.0 Å². The van der Waals surface area contributed by atoms with Gasteiger partial charge in [-0.1, -0.05) is 6.42 Å². The average Bonchev–Trinajstić information content (AvgIpc) is 2.37. The number of ether oxygens (including phenoxy) is 1. The van der Waals surface area contributed by atoms with Gasteiger partial charge in [0, 0.05) is 18.3 Å². The molecule has 0 saturated carbocycles. The summed E-state index contributed by atoms with van der Waals surface area (Å²) < 4.78 is 5.67. The Kier molecular flexibility index (Phi) is 4.91. The normalized spacial score (nSPS) is 14.4. The molecule has 0 aliphatic carbocycles. The van der Waals surface area contributed by atoms with Gasteiger partial charge in [-0.05, 0) is 45.6 Å². The fourth-order valence-corrected chi connectivity index (χ4v) is 2.43. The van der Waals surface area contributed by atoms with Crippen LogP contribution in [0.1, 0.15) is 19.3 Å². The van der Waals surface area contributed by atoms with Crippen LogP contribution in [0.15, 0.2) is 18.2 Å². The third-order valence-corrected chi connectivity index (χ3v) is 3.48. The van der Waals surface area contributed by atoms with Crippen LogP contribution < -0.4 is 15.4 Å². The highest BCUT2D eigenvalue weighted by Crippen LogP contribution is 2.33. The van der Waals surface area contributed by atoms with Crippen LogP contribution in [0.25, 0.3) is 0 Å². The Morgan fingerprint density at radius 1 is 1.26 bits per heavy atom. The lowest BCUT2D eigenvalue weighted by Crippen LogP contribution is -2.33. The van der Waals surface area contributed by atoms with Crippen molar-refractivity contribution in [2.45, 2.75) is 19.3 Å². The number of hydrogen-bond acceptors (Lipinski definition) is 4. The minimum Gasteiger partial charge on any atom is -0.489 e. The van der Waals surface area contributed by atoms with Crippen LogP contribution in [0.5, 0.6) is 5.75 Å². The van der Waals surface area contributed by atoms with Gasteiger partial charge in [-0.2, -0.15) is 0 Å². The molecule has 1 heterocycles. The molecule has 0 amide bonds. The van der Waals surface area contributed by atoms with Crippen LogP contribution >= 0.6 is 0 Å². The maximum atomic E-state index is 5.79. The van der Waals surface area contributed by atoms with Crippen molar-refractivity contribution in [3.63, 3.8) is 0 Å². The number of nitrogen functional groups attached to an aromatic ring is 1. The maximum absolute atomic E-state index is 5.79. The number of nitrogens with two attached hydrogens (primary N) is 1. The van der Waals surface area contributed by atoms with E-state index in [1.165, 1.54) is 31.5 Å². The second-order valence-corrected chi connectivity index (χ2v) is 5.43. The SMILES string of the molecule is CN(C)CCCCCN1CCOc2cc(N)ccc21. The molecule has 0 radical (unpaired) electrons. The van der Waals surface area contributed by atoms with Gasteiger partial charge >= 0.3 is 0 Å². The number of fused-ring (bicyclic) bond motifs is 1. The standard InChI is InChI=1S/C15H25N3O/c1-17(2)8-4-3-5-9-18-10-11-19-15-12-13(16)6-7-14(15)18/h6-7,12H,3-5,8-11,16H2,1-2H3. The Hall–Kier alpha value is -1.42. The summed E-state index contributed by atoms with van der Waals surface area (Å²) in [4.78, 5) is 4.65. The molecule has 1 aliphatic heterocycles. The fourth-order valence-electron chi connectivity index (χ4n) is 2.43. The van der Waals surface area contributed by atoms with Crippen molar-refractivity contribution in [3.05, 3.63) is 18.2 Å². The minimum atomic E-state index is 0.758. The van der Waals surface area contributed by atoms with Gasteiger partial charge in [-0.3, -0.25) is 0 Å². The molecule has 4 heteroatoms. The molecule has 1 aliphatic rings. The predicted molar refractivity (Wildman–Crippen MR) is 81.0 cm³/mol. The third-order valence-electron chi connectivity index (χ3n) is 3.48. The Balaban J connectivity index is 1.82. The van der Waals surface area contributed by atoms with E-state index in [2.05, 4.69) is 30.0 Å². The van der Waals surface area contributed by atoms with Crippen LogP contribution in [0.4, 0.5) is 11.4 Å². The second kappa shape index (κ2) is 6.66. The highest BCUT2D eigenvalue weighted by Gasteiger charge is 2.17. The first kappa shape index (κ1) is 14.0. The Bertz CT molecular complexity index is 406. The highest BCUT2D eigenvalue weighted by atomic mass is 16.5. The zero-order valence-electron chi connectivity index (χ0n) is 12.1. The maximum Gasteiger partial charge on any atom is 0.144 e. The van der Waals surface area contributed by atoms with Gasteiger partial charge in [0.05, 0.1) is 12.2 Å². The summed E-state index contributed by atoms with van der Waals surface area (Å²) >= 11 is 0. The molecule has 2 rings (SSSR count). The fraction of sp³-hybridized carbons (Fsp3) is 0.600. The molecule has 1 aromatic carbocycles.